The average molecular weight is 222 g/mol. The van der Waals surface area contributed by atoms with Gasteiger partial charge in [0.2, 0.25) is 0 Å². The average Bonchev–Trinajstić information content (AvgIpc) is 2.25. The molecule has 2 N–H and O–H groups in total. The zero-order valence-electron chi connectivity index (χ0n) is 9.15. The first kappa shape index (κ1) is 12.1. The molecule has 1 rings (SSSR count). The number of benzene rings is 1. The molecule has 0 unspecified atom stereocenters. The number of rotatable bonds is 6. The summed E-state index contributed by atoms with van der Waals surface area (Å²) in [7, 11) is 0. The maximum Gasteiger partial charge on any atom is 0.0870 e. The van der Waals surface area contributed by atoms with Gasteiger partial charge >= 0.3 is 0 Å². The molecule has 3 heteroatoms. The summed E-state index contributed by atoms with van der Waals surface area (Å²) in [6.07, 6.45) is 1.05. The number of likely N-dealkylation sites (N-methyl/N-ethyl adjacent to an activating group) is 1. The van der Waals surface area contributed by atoms with E-state index >= 15 is 0 Å². The second-order valence-corrected chi connectivity index (χ2v) is 4.10. The highest BCUT2D eigenvalue weighted by atomic mass is 32.1. The summed E-state index contributed by atoms with van der Waals surface area (Å²) in [5.41, 5.74) is 6.89. The van der Waals surface area contributed by atoms with E-state index in [4.69, 9.17) is 18.0 Å². The fourth-order valence-corrected chi connectivity index (χ4v) is 1.68. The number of nitrogens with zero attached hydrogens (tertiary/aromatic N) is 1. The predicted molar refractivity (Wildman–Crippen MR) is 69.0 cm³/mol. The zero-order valence-corrected chi connectivity index (χ0v) is 9.96. The van der Waals surface area contributed by atoms with E-state index < -0.39 is 0 Å². The lowest BCUT2D eigenvalue weighted by atomic mass is 10.1. The van der Waals surface area contributed by atoms with Crippen LogP contribution in [0.4, 0.5) is 0 Å². The van der Waals surface area contributed by atoms with E-state index in [9.17, 15) is 0 Å². The molecule has 0 saturated heterocycles. The molecule has 0 radical (unpaired) electrons. The molecule has 15 heavy (non-hydrogen) atoms. The van der Waals surface area contributed by atoms with Gasteiger partial charge in [-0.05, 0) is 18.5 Å². The van der Waals surface area contributed by atoms with Crippen LogP contribution in [0.2, 0.25) is 0 Å². The molecule has 0 heterocycles. The van der Waals surface area contributed by atoms with E-state index in [1.165, 1.54) is 5.56 Å². The topological polar surface area (TPSA) is 29.3 Å². The first-order valence-electron chi connectivity index (χ1n) is 5.27. The molecule has 0 aliphatic rings. The van der Waals surface area contributed by atoms with E-state index in [1.807, 2.05) is 6.07 Å². The van der Waals surface area contributed by atoms with Crippen molar-refractivity contribution in [2.24, 2.45) is 5.73 Å². The summed E-state index contributed by atoms with van der Waals surface area (Å²) in [4.78, 5) is 2.83. The summed E-state index contributed by atoms with van der Waals surface area (Å²) in [6.45, 7) is 4.85. The van der Waals surface area contributed by atoms with E-state index in [2.05, 4.69) is 36.1 Å². The Labute approximate surface area is 97.1 Å². The van der Waals surface area contributed by atoms with Crippen molar-refractivity contribution in [2.75, 3.05) is 19.6 Å². The quantitative estimate of drug-likeness (QED) is 0.745. The molecule has 1 aromatic carbocycles. The van der Waals surface area contributed by atoms with Gasteiger partial charge in [-0.25, -0.2) is 0 Å². The van der Waals surface area contributed by atoms with Crippen LogP contribution in [0.3, 0.4) is 0 Å². The number of thiocarbonyl (C=S) groups is 1. The molecular weight excluding hydrogens is 204 g/mol. The van der Waals surface area contributed by atoms with Gasteiger partial charge in [-0.3, -0.25) is 4.90 Å². The Morgan fingerprint density at radius 3 is 2.53 bits per heavy atom. The van der Waals surface area contributed by atoms with E-state index in [1.54, 1.807) is 0 Å². The first-order chi connectivity index (χ1) is 7.22. The van der Waals surface area contributed by atoms with E-state index in [-0.39, 0.29) is 0 Å². The molecule has 0 aliphatic carbocycles. The fourth-order valence-electron chi connectivity index (χ4n) is 1.50. The van der Waals surface area contributed by atoms with Crippen LogP contribution in [0.1, 0.15) is 12.5 Å². The van der Waals surface area contributed by atoms with Crippen molar-refractivity contribution in [1.82, 2.24) is 4.90 Å². The summed E-state index contributed by atoms with van der Waals surface area (Å²) in [6, 6.07) is 10.5. The lowest BCUT2D eigenvalue weighted by molar-refractivity contribution is 0.333. The molecule has 0 atom stereocenters. The van der Waals surface area contributed by atoms with Crippen molar-refractivity contribution < 1.29 is 0 Å². The van der Waals surface area contributed by atoms with Crippen molar-refractivity contribution in [2.45, 2.75) is 13.3 Å². The van der Waals surface area contributed by atoms with E-state index in [0.717, 1.165) is 26.1 Å². The molecular formula is C12H18N2S. The Morgan fingerprint density at radius 2 is 2.00 bits per heavy atom. The smallest absolute Gasteiger partial charge is 0.0870 e. The van der Waals surface area contributed by atoms with Gasteiger partial charge in [0.25, 0.3) is 0 Å². The van der Waals surface area contributed by atoms with Gasteiger partial charge < -0.3 is 5.73 Å². The van der Waals surface area contributed by atoms with Crippen LogP contribution in [0, 0.1) is 0 Å². The second kappa shape index (κ2) is 6.53. The van der Waals surface area contributed by atoms with Crippen LogP contribution in [0.15, 0.2) is 30.3 Å². The minimum atomic E-state index is 0.574. The Morgan fingerprint density at radius 1 is 1.33 bits per heavy atom. The number of nitrogens with two attached hydrogens (primary N) is 1. The van der Waals surface area contributed by atoms with Crippen LogP contribution in [-0.2, 0) is 6.42 Å². The summed E-state index contributed by atoms with van der Waals surface area (Å²) >= 11 is 4.91. The molecule has 82 valence electrons. The van der Waals surface area contributed by atoms with Crippen LogP contribution >= 0.6 is 12.2 Å². The third-order valence-electron chi connectivity index (χ3n) is 2.39. The van der Waals surface area contributed by atoms with Crippen LogP contribution < -0.4 is 5.73 Å². The van der Waals surface area contributed by atoms with Crippen LogP contribution in [0.5, 0.6) is 0 Å². The monoisotopic (exact) mass is 222 g/mol. The highest BCUT2D eigenvalue weighted by molar-refractivity contribution is 7.80. The summed E-state index contributed by atoms with van der Waals surface area (Å²) in [5, 5.41) is 0. The molecule has 0 aliphatic heterocycles. The highest BCUT2D eigenvalue weighted by Crippen LogP contribution is 2.01. The van der Waals surface area contributed by atoms with Crippen LogP contribution in [0.25, 0.3) is 0 Å². The summed E-state index contributed by atoms with van der Waals surface area (Å²) < 4.78 is 0. The number of hydrogen-bond acceptors (Lipinski definition) is 2. The SMILES string of the molecule is CCN(CCc1ccccc1)CC(N)=S. The lowest BCUT2D eigenvalue weighted by Gasteiger charge is -2.19. The largest absolute Gasteiger partial charge is 0.392 e. The van der Waals surface area contributed by atoms with Crippen molar-refractivity contribution in [3.05, 3.63) is 35.9 Å². The molecule has 0 aromatic heterocycles. The Bertz CT molecular complexity index is 298. The van der Waals surface area contributed by atoms with Gasteiger partial charge in [-0.15, -0.1) is 0 Å². The molecule has 1 aromatic rings. The minimum Gasteiger partial charge on any atom is -0.392 e. The zero-order chi connectivity index (χ0) is 11.1. The second-order valence-electron chi connectivity index (χ2n) is 3.57. The van der Waals surface area contributed by atoms with Crippen molar-refractivity contribution in [3.63, 3.8) is 0 Å². The maximum absolute atomic E-state index is 5.53. The van der Waals surface area contributed by atoms with Gasteiger partial charge in [0, 0.05) is 13.1 Å². The van der Waals surface area contributed by atoms with Crippen molar-refractivity contribution in [1.29, 1.82) is 0 Å². The molecule has 0 saturated carbocycles. The molecule has 2 nitrogen and oxygen atoms in total. The standard InChI is InChI=1S/C12H18N2S/c1-2-14(10-12(13)15)9-8-11-6-4-3-5-7-11/h3-7H,2,8-10H2,1H3,(H2,13,15). The van der Waals surface area contributed by atoms with Gasteiger partial charge in [0.15, 0.2) is 0 Å². The third kappa shape index (κ3) is 4.91. The lowest BCUT2D eigenvalue weighted by Crippen LogP contribution is -2.34. The normalized spacial score (nSPS) is 10.5. The fraction of sp³-hybridized carbons (Fsp3) is 0.417. The predicted octanol–water partition coefficient (Wildman–Crippen LogP) is 1.84. The molecule has 0 amide bonds. The maximum atomic E-state index is 5.53. The molecule has 0 fully saturated rings. The van der Waals surface area contributed by atoms with Crippen LogP contribution in [-0.4, -0.2) is 29.5 Å². The van der Waals surface area contributed by atoms with Gasteiger partial charge in [-0.2, -0.15) is 0 Å². The third-order valence-corrected chi connectivity index (χ3v) is 2.52. The van der Waals surface area contributed by atoms with E-state index in [0.29, 0.717) is 4.99 Å². The van der Waals surface area contributed by atoms with Gasteiger partial charge in [-0.1, -0.05) is 49.5 Å². The Balaban J connectivity index is 2.37. The van der Waals surface area contributed by atoms with Crippen molar-refractivity contribution in [3.8, 4) is 0 Å². The first-order valence-corrected chi connectivity index (χ1v) is 5.67. The molecule has 0 bridgehead atoms. The van der Waals surface area contributed by atoms with Gasteiger partial charge in [0.1, 0.15) is 0 Å². The Kier molecular flexibility index (Phi) is 5.29. The summed E-state index contributed by atoms with van der Waals surface area (Å²) in [5.74, 6) is 0. The minimum absolute atomic E-state index is 0.574. The number of hydrogen-bond donors (Lipinski definition) is 1. The highest BCUT2D eigenvalue weighted by Gasteiger charge is 2.03. The van der Waals surface area contributed by atoms with Crippen molar-refractivity contribution >= 4 is 17.2 Å². The Hall–Kier alpha value is -0.930. The van der Waals surface area contributed by atoms with Gasteiger partial charge in [0.05, 0.1) is 4.99 Å². The molecule has 0 spiro atoms.